The summed E-state index contributed by atoms with van der Waals surface area (Å²) in [7, 11) is 0. The molecule has 0 aromatic carbocycles. The van der Waals surface area contributed by atoms with E-state index < -0.39 is 0 Å². The number of aromatic nitrogens is 2. The van der Waals surface area contributed by atoms with Crippen molar-refractivity contribution in [1.29, 1.82) is 0 Å². The molecule has 0 unspecified atom stereocenters. The number of anilines is 1. The molecule has 5 heteroatoms. The van der Waals surface area contributed by atoms with Crippen LogP contribution >= 0.6 is 0 Å². The molecule has 4 fully saturated rings. The Labute approximate surface area is 112 Å². The summed E-state index contributed by atoms with van der Waals surface area (Å²) in [6, 6.07) is 0.269. The summed E-state index contributed by atoms with van der Waals surface area (Å²) >= 11 is 0. The molecule has 1 heterocycles. The Morgan fingerprint density at radius 3 is 2.26 bits per heavy atom. The van der Waals surface area contributed by atoms with Gasteiger partial charge in [-0.05, 0) is 67.8 Å². The summed E-state index contributed by atoms with van der Waals surface area (Å²) in [6.07, 6.45) is 12.8. The molecule has 4 aliphatic carbocycles. The van der Waals surface area contributed by atoms with E-state index in [0.717, 1.165) is 17.8 Å². The van der Waals surface area contributed by atoms with Crippen molar-refractivity contribution in [1.82, 2.24) is 10.2 Å². The first-order chi connectivity index (χ1) is 9.25. The van der Waals surface area contributed by atoms with Crippen molar-refractivity contribution in [3.63, 3.8) is 0 Å². The molecule has 102 valence electrons. The minimum absolute atomic E-state index is 0.269. The number of rotatable bonds is 3. The molecule has 4 bridgehead atoms. The molecule has 5 rings (SSSR count). The Morgan fingerprint density at radius 2 is 1.74 bits per heavy atom. The minimum Gasteiger partial charge on any atom is -0.403 e. The van der Waals surface area contributed by atoms with E-state index in [4.69, 9.17) is 10.3 Å². The lowest BCUT2D eigenvalue weighted by Crippen LogP contribution is -2.44. The van der Waals surface area contributed by atoms with Crippen LogP contribution in [0.2, 0.25) is 0 Å². The van der Waals surface area contributed by atoms with E-state index in [9.17, 15) is 0 Å². The van der Waals surface area contributed by atoms with Gasteiger partial charge in [-0.25, -0.2) is 5.84 Å². The van der Waals surface area contributed by atoms with Gasteiger partial charge in [0.15, 0.2) is 0 Å². The summed E-state index contributed by atoms with van der Waals surface area (Å²) in [5.41, 5.74) is 2.77. The molecule has 0 saturated heterocycles. The zero-order chi connectivity index (χ0) is 12.9. The van der Waals surface area contributed by atoms with E-state index in [0.29, 0.717) is 11.3 Å². The largest absolute Gasteiger partial charge is 0.403 e. The fourth-order valence-electron chi connectivity index (χ4n) is 4.99. The van der Waals surface area contributed by atoms with Crippen LogP contribution in [0.15, 0.2) is 10.5 Å². The van der Waals surface area contributed by atoms with Crippen molar-refractivity contribution >= 4 is 12.1 Å². The highest BCUT2D eigenvalue weighted by Gasteiger charge is 2.49. The molecule has 4 aliphatic rings. The summed E-state index contributed by atoms with van der Waals surface area (Å²) in [5, 5.41) is 7.75. The van der Waals surface area contributed by atoms with E-state index >= 15 is 0 Å². The van der Waals surface area contributed by atoms with Crippen LogP contribution in [-0.2, 0) is 0 Å². The van der Waals surface area contributed by atoms with Gasteiger partial charge in [0.2, 0.25) is 5.89 Å². The van der Waals surface area contributed by atoms with Crippen molar-refractivity contribution < 1.29 is 4.42 Å². The molecule has 0 spiro atoms. The first-order valence-electron chi connectivity index (χ1n) is 7.24. The van der Waals surface area contributed by atoms with Crippen molar-refractivity contribution in [2.45, 2.75) is 38.5 Å². The maximum atomic E-state index is 5.35. The third-order valence-corrected chi connectivity index (χ3v) is 5.23. The Bertz CT molecular complexity index is 472. The van der Waals surface area contributed by atoms with Gasteiger partial charge >= 0.3 is 6.01 Å². The average molecular weight is 260 g/mol. The van der Waals surface area contributed by atoms with Gasteiger partial charge in [0, 0.05) is 0 Å². The van der Waals surface area contributed by atoms with Gasteiger partial charge in [0.05, 0.1) is 0 Å². The summed E-state index contributed by atoms with van der Waals surface area (Å²) in [6.45, 7) is 0. The predicted octanol–water partition coefficient (Wildman–Crippen LogP) is 2.58. The summed E-state index contributed by atoms with van der Waals surface area (Å²) in [5.74, 6) is 8.65. The highest BCUT2D eigenvalue weighted by molar-refractivity contribution is 5.41. The second-order valence-corrected chi connectivity index (χ2v) is 6.70. The zero-order valence-corrected chi connectivity index (χ0v) is 11.0. The number of hydrogen-bond acceptors (Lipinski definition) is 5. The van der Waals surface area contributed by atoms with Crippen LogP contribution in [0.5, 0.6) is 0 Å². The number of allylic oxidation sites excluding steroid dienone is 1. The molecule has 0 amide bonds. The van der Waals surface area contributed by atoms with Crippen LogP contribution in [0.1, 0.15) is 44.4 Å². The molecular weight excluding hydrogens is 240 g/mol. The number of hydrazine groups is 1. The second kappa shape index (κ2) is 4.07. The molecule has 0 aliphatic heterocycles. The maximum absolute atomic E-state index is 5.35. The SMILES string of the molecule is NNc1nnc(/C=C/C23CC4CC(CC(C4)C2)C3)o1. The van der Waals surface area contributed by atoms with Crippen LogP contribution in [0.4, 0.5) is 6.01 Å². The van der Waals surface area contributed by atoms with Crippen molar-refractivity contribution in [3.05, 3.63) is 12.0 Å². The Balaban J connectivity index is 1.55. The minimum atomic E-state index is 0.269. The fraction of sp³-hybridized carbons (Fsp3) is 0.714. The highest BCUT2D eigenvalue weighted by Crippen LogP contribution is 2.60. The first kappa shape index (κ1) is 11.5. The molecule has 0 atom stereocenters. The van der Waals surface area contributed by atoms with E-state index in [-0.39, 0.29) is 6.01 Å². The smallest absolute Gasteiger partial charge is 0.330 e. The predicted molar refractivity (Wildman–Crippen MR) is 71.7 cm³/mol. The van der Waals surface area contributed by atoms with Gasteiger partial charge in [0.1, 0.15) is 0 Å². The van der Waals surface area contributed by atoms with Gasteiger partial charge in [-0.3, -0.25) is 5.43 Å². The first-order valence-corrected chi connectivity index (χ1v) is 7.24. The number of nitrogen functional groups attached to an aromatic ring is 1. The lowest BCUT2D eigenvalue weighted by atomic mass is 9.49. The average Bonchev–Trinajstić information content (AvgIpc) is 2.83. The molecule has 5 nitrogen and oxygen atoms in total. The maximum Gasteiger partial charge on any atom is 0.330 e. The van der Waals surface area contributed by atoms with Crippen molar-refractivity contribution in [2.75, 3.05) is 5.43 Å². The van der Waals surface area contributed by atoms with Gasteiger partial charge in [-0.15, -0.1) is 5.10 Å². The van der Waals surface area contributed by atoms with Crippen LogP contribution in [0.25, 0.3) is 6.08 Å². The molecule has 1 aromatic rings. The number of nitrogens with zero attached hydrogens (tertiary/aromatic N) is 2. The summed E-state index contributed by atoms with van der Waals surface area (Å²) < 4.78 is 5.35. The van der Waals surface area contributed by atoms with Crippen LogP contribution < -0.4 is 11.3 Å². The normalized spacial score (nSPS) is 40.2. The molecule has 19 heavy (non-hydrogen) atoms. The van der Waals surface area contributed by atoms with E-state index in [1.165, 1.54) is 38.5 Å². The Kier molecular flexibility index (Phi) is 2.45. The molecule has 0 radical (unpaired) electrons. The zero-order valence-electron chi connectivity index (χ0n) is 11.0. The van der Waals surface area contributed by atoms with Crippen molar-refractivity contribution in [3.8, 4) is 0 Å². The second-order valence-electron chi connectivity index (χ2n) is 6.70. The third-order valence-electron chi connectivity index (χ3n) is 5.23. The van der Waals surface area contributed by atoms with Gasteiger partial charge < -0.3 is 4.42 Å². The van der Waals surface area contributed by atoms with Gasteiger partial charge in [0.25, 0.3) is 0 Å². The lowest BCUT2D eigenvalue weighted by Gasteiger charge is -2.55. The fourth-order valence-corrected chi connectivity index (χ4v) is 4.99. The van der Waals surface area contributed by atoms with Gasteiger partial charge in [-0.1, -0.05) is 11.2 Å². The standard InChI is InChI=1S/C14H20N4O/c15-16-13-18-17-12(19-13)1-2-14-6-9-3-10(7-14)5-11(4-9)8-14/h1-2,9-11H,3-8,15H2,(H,16,18)/b2-1+. The topological polar surface area (TPSA) is 77.0 Å². The number of nitrogens with one attached hydrogen (secondary N) is 1. The third kappa shape index (κ3) is 1.96. The lowest BCUT2D eigenvalue weighted by molar-refractivity contribution is -0.0233. The Morgan fingerprint density at radius 1 is 1.11 bits per heavy atom. The quantitative estimate of drug-likeness (QED) is 0.645. The molecule has 4 saturated carbocycles. The number of hydrogen-bond donors (Lipinski definition) is 2. The van der Waals surface area contributed by atoms with Crippen molar-refractivity contribution in [2.24, 2.45) is 29.0 Å². The monoisotopic (exact) mass is 260 g/mol. The highest BCUT2D eigenvalue weighted by atomic mass is 16.4. The molecule has 1 aromatic heterocycles. The van der Waals surface area contributed by atoms with Gasteiger partial charge in [-0.2, -0.15) is 0 Å². The number of nitrogens with two attached hydrogens (primary N) is 1. The molecular formula is C14H20N4O. The molecule has 3 N–H and O–H groups in total. The van der Waals surface area contributed by atoms with Crippen LogP contribution in [0.3, 0.4) is 0 Å². The van der Waals surface area contributed by atoms with E-state index in [1.54, 1.807) is 0 Å². The van der Waals surface area contributed by atoms with E-state index in [2.05, 4.69) is 21.7 Å². The van der Waals surface area contributed by atoms with Crippen LogP contribution in [-0.4, -0.2) is 10.2 Å². The Hall–Kier alpha value is -1.36. The summed E-state index contributed by atoms with van der Waals surface area (Å²) in [4.78, 5) is 0. The van der Waals surface area contributed by atoms with Crippen LogP contribution in [0, 0.1) is 23.2 Å². The van der Waals surface area contributed by atoms with E-state index in [1.807, 2.05) is 6.08 Å².